The number of halogens is 1. The van der Waals surface area contributed by atoms with Crippen LogP contribution in [0.4, 0.5) is 5.69 Å². The molecule has 0 saturated carbocycles. The van der Waals surface area contributed by atoms with Crippen LogP contribution in [-0.4, -0.2) is 34.3 Å². The van der Waals surface area contributed by atoms with Crippen LogP contribution >= 0.6 is 23.8 Å². The molecule has 0 fully saturated rings. The number of carbonyl (C=O) groups is 1. The number of nitrogens with one attached hydrogen (secondary N) is 3. The second kappa shape index (κ2) is 8.70. The zero-order chi connectivity index (χ0) is 17.5. The maximum Gasteiger partial charge on any atom is 0.222 e. The van der Waals surface area contributed by atoms with E-state index >= 15 is 0 Å². The highest BCUT2D eigenvalue weighted by Crippen LogP contribution is 2.27. The molecule has 7 nitrogen and oxygen atoms in total. The molecule has 0 aliphatic rings. The molecule has 130 valence electrons. The van der Waals surface area contributed by atoms with Crippen molar-refractivity contribution in [1.82, 2.24) is 20.1 Å². The number of methoxy groups -OCH3 is 1. The lowest BCUT2D eigenvalue weighted by atomic mass is 10.2. The summed E-state index contributed by atoms with van der Waals surface area (Å²) in [6.45, 7) is 3.47. The van der Waals surface area contributed by atoms with Crippen molar-refractivity contribution in [3.63, 3.8) is 0 Å². The number of anilines is 1. The average molecular weight is 370 g/mol. The number of carbonyl (C=O) groups excluding carboxylic acids is 1. The van der Waals surface area contributed by atoms with Gasteiger partial charge in [0.1, 0.15) is 5.75 Å². The molecule has 1 heterocycles. The van der Waals surface area contributed by atoms with Crippen LogP contribution in [0, 0.1) is 4.77 Å². The van der Waals surface area contributed by atoms with Gasteiger partial charge in [0, 0.05) is 24.5 Å². The smallest absolute Gasteiger partial charge is 0.222 e. The van der Waals surface area contributed by atoms with Crippen LogP contribution in [0.5, 0.6) is 5.75 Å². The lowest BCUT2D eigenvalue weighted by molar-refractivity contribution is -0.121. The average Bonchev–Trinajstić information content (AvgIpc) is 2.93. The Morgan fingerprint density at radius 3 is 3.00 bits per heavy atom. The monoisotopic (exact) mass is 369 g/mol. The van der Waals surface area contributed by atoms with Crippen molar-refractivity contribution in [3.05, 3.63) is 33.8 Å². The normalized spacial score (nSPS) is 10.5. The molecule has 0 atom stereocenters. The van der Waals surface area contributed by atoms with Gasteiger partial charge in [-0.2, -0.15) is 5.10 Å². The highest BCUT2D eigenvalue weighted by Gasteiger charge is 2.08. The molecule has 2 rings (SSSR count). The molecule has 0 saturated heterocycles. The van der Waals surface area contributed by atoms with E-state index < -0.39 is 0 Å². The molecule has 0 aliphatic carbocycles. The van der Waals surface area contributed by atoms with Crippen LogP contribution in [0.3, 0.4) is 0 Å². The number of nitrogens with zero attached hydrogens (tertiary/aromatic N) is 2. The second-order valence-corrected chi connectivity index (χ2v) is 5.81. The summed E-state index contributed by atoms with van der Waals surface area (Å²) < 4.78 is 7.64. The lowest BCUT2D eigenvalue weighted by Crippen LogP contribution is -2.26. The third kappa shape index (κ3) is 4.72. The standard InChI is InChI=1S/C15H20ClN5O2S/c1-3-21-13(19-20-15(21)24)9-18-14(22)6-7-17-11-8-10(16)4-5-12(11)23-2/h4-5,8,17H,3,6-7,9H2,1-2H3,(H,18,22)(H,20,24). The van der Waals surface area contributed by atoms with Crippen LogP contribution < -0.4 is 15.4 Å². The summed E-state index contributed by atoms with van der Waals surface area (Å²) in [7, 11) is 1.58. The highest BCUT2D eigenvalue weighted by atomic mass is 35.5. The quantitative estimate of drug-likeness (QED) is 0.623. The zero-order valence-corrected chi connectivity index (χ0v) is 15.1. The summed E-state index contributed by atoms with van der Waals surface area (Å²) >= 11 is 11.1. The predicted octanol–water partition coefficient (Wildman–Crippen LogP) is 2.74. The molecule has 0 spiro atoms. The molecule has 1 aromatic heterocycles. The molecule has 24 heavy (non-hydrogen) atoms. The third-order valence-electron chi connectivity index (χ3n) is 3.43. The maximum atomic E-state index is 12.0. The molecule has 1 amide bonds. The third-order valence-corrected chi connectivity index (χ3v) is 3.97. The van der Waals surface area contributed by atoms with Crippen molar-refractivity contribution in [3.8, 4) is 5.75 Å². The fourth-order valence-electron chi connectivity index (χ4n) is 2.21. The maximum absolute atomic E-state index is 12.0. The van der Waals surface area contributed by atoms with Gasteiger partial charge >= 0.3 is 0 Å². The van der Waals surface area contributed by atoms with Gasteiger partial charge in [-0.05, 0) is 37.3 Å². The van der Waals surface area contributed by atoms with Crippen molar-refractivity contribution in [1.29, 1.82) is 0 Å². The SMILES string of the molecule is CCn1c(CNC(=O)CCNc2cc(Cl)ccc2OC)n[nH]c1=S. The Labute approximate surface area is 150 Å². The Morgan fingerprint density at radius 2 is 2.29 bits per heavy atom. The van der Waals surface area contributed by atoms with Crippen LogP contribution in [-0.2, 0) is 17.9 Å². The fraction of sp³-hybridized carbons (Fsp3) is 0.400. The number of amides is 1. The number of aromatic nitrogens is 3. The minimum absolute atomic E-state index is 0.0833. The van der Waals surface area contributed by atoms with Gasteiger partial charge in [-0.15, -0.1) is 0 Å². The summed E-state index contributed by atoms with van der Waals surface area (Å²) in [5, 5.41) is 13.4. The van der Waals surface area contributed by atoms with E-state index in [2.05, 4.69) is 20.8 Å². The van der Waals surface area contributed by atoms with Crippen molar-refractivity contribution >= 4 is 35.4 Å². The molecule has 1 aromatic carbocycles. The van der Waals surface area contributed by atoms with E-state index in [4.69, 9.17) is 28.6 Å². The minimum Gasteiger partial charge on any atom is -0.495 e. The molecular formula is C15H20ClN5O2S. The summed E-state index contributed by atoms with van der Waals surface area (Å²) in [4.78, 5) is 12.0. The predicted molar refractivity (Wildman–Crippen MR) is 96.0 cm³/mol. The Morgan fingerprint density at radius 1 is 1.50 bits per heavy atom. The highest BCUT2D eigenvalue weighted by molar-refractivity contribution is 7.71. The van der Waals surface area contributed by atoms with E-state index in [1.165, 1.54) is 0 Å². The van der Waals surface area contributed by atoms with Gasteiger partial charge < -0.3 is 19.9 Å². The fourth-order valence-corrected chi connectivity index (χ4v) is 2.66. The summed E-state index contributed by atoms with van der Waals surface area (Å²) in [6, 6.07) is 5.29. The van der Waals surface area contributed by atoms with Crippen LogP contribution in [0.15, 0.2) is 18.2 Å². The first-order chi connectivity index (χ1) is 11.5. The molecule has 0 bridgehead atoms. The summed E-state index contributed by atoms with van der Waals surface area (Å²) in [6.07, 6.45) is 0.312. The molecule has 2 aromatic rings. The number of rotatable bonds is 8. The van der Waals surface area contributed by atoms with Crippen molar-refractivity contribution in [2.75, 3.05) is 19.0 Å². The molecule has 0 radical (unpaired) electrons. The van der Waals surface area contributed by atoms with Crippen LogP contribution in [0.1, 0.15) is 19.2 Å². The first-order valence-corrected chi connectivity index (χ1v) is 8.32. The van der Waals surface area contributed by atoms with Gasteiger partial charge in [0.05, 0.1) is 19.3 Å². The molecule has 0 aliphatic heterocycles. The van der Waals surface area contributed by atoms with Gasteiger partial charge in [-0.1, -0.05) is 11.6 Å². The van der Waals surface area contributed by atoms with Gasteiger partial charge in [0.25, 0.3) is 0 Å². The molecule has 3 N–H and O–H groups in total. The van der Waals surface area contributed by atoms with Gasteiger partial charge in [0.2, 0.25) is 5.91 Å². The lowest BCUT2D eigenvalue weighted by Gasteiger charge is -2.11. The Bertz CT molecular complexity index is 759. The largest absolute Gasteiger partial charge is 0.495 e. The van der Waals surface area contributed by atoms with Crippen molar-refractivity contribution in [2.24, 2.45) is 0 Å². The first kappa shape index (κ1) is 18.3. The van der Waals surface area contributed by atoms with E-state index in [9.17, 15) is 4.79 Å². The van der Waals surface area contributed by atoms with E-state index in [0.29, 0.717) is 47.4 Å². The van der Waals surface area contributed by atoms with Crippen LogP contribution in [0.2, 0.25) is 5.02 Å². The summed E-state index contributed by atoms with van der Waals surface area (Å²) in [5.41, 5.74) is 0.754. The Kier molecular flexibility index (Phi) is 6.62. The van der Waals surface area contributed by atoms with Gasteiger partial charge in [-0.25, -0.2) is 0 Å². The van der Waals surface area contributed by atoms with E-state index in [0.717, 1.165) is 5.69 Å². The first-order valence-electron chi connectivity index (χ1n) is 7.53. The van der Waals surface area contributed by atoms with Crippen molar-refractivity contribution < 1.29 is 9.53 Å². The number of ether oxygens (including phenoxy) is 1. The Hall–Kier alpha value is -2.06. The van der Waals surface area contributed by atoms with E-state index in [1.54, 1.807) is 25.3 Å². The zero-order valence-electron chi connectivity index (χ0n) is 13.6. The number of aromatic amines is 1. The molecular weight excluding hydrogens is 350 g/mol. The Balaban J connectivity index is 1.81. The van der Waals surface area contributed by atoms with E-state index in [1.807, 2.05) is 11.5 Å². The second-order valence-electron chi connectivity index (χ2n) is 4.99. The number of benzene rings is 1. The summed E-state index contributed by atoms with van der Waals surface area (Å²) in [5.74, 6) is 1.30. The van der Waals surface area contributed by atoms with Crippen LogP contribution in [0.25, 0.3) is 0 Å². The molecule has 9 heteroatoms. The number of hydrogen-bond donors (Lipinski definition) is 3. The number of hydrogen-bond acceptors (Lipinski definition) is 5. The molecule has 0 unspecified atom stereocenters. The number of H-pyrrole nitrogens is 1. The topological polar surface area (TPSA) is 84.0 Å². The van der Waals surface area contributed by atoms with E-state index in [-0.39, 0.29) is 5.91 Å². The van der Waals surface area contributed by atoms with Gasteiger partial charge in [0.15, 0.2) is 10.6 Å². The van der Waals surface area contributed by atoms with Crippen molar-refractivity contribution in [2.45, 2.75) is 26.4 Å². The van der Waals surface area contributed by atoms with Gasteiger partial charge in [-0.3, -0.25) is 9.89 Å². The minimum atomic E-state index is -0.0833.